The predicted octanol–water partition coefficient (Wildman–Crippen LogP) is 7.56. The van der Waals surface area contributed by atoms with E-state index in [-0.39, 0.29) is 0 Å². The number of rotatable bonds is 6. The van der Waals surface area contributed by atoms with Crippen LogP contribution in [-0.4, -0.2) is 7.11 Å². The highest BCUT2D eigenvalue weighted by Crippen LogP contribution is 2.38. The minimum atomic E-state index is 0.437. The first-order valence-electron chi connectivity index (χ1n) is 10.2. The van der Waals surface area contributed by atoms with Crippen LogP contribution in [-0.2, 0) is 6.61 Å². The molecule has 4 aromatic carbocycles. The Kier molecular flexibility index (Phi) is 6.58. The van der Waals surface area contributed by atoms with Gasteiger partial charge in [0.25, 0.3) is 0 Å². The Morgan fingerprint density at radius 1 is 0.969 bits per heavy atom. The van der Waals surface area contributed by atoms with Crippen molar-refractivity contribution in [1.29, 1.82) is 5.26 Å². The summed E-state index contributed by atoms with van der Waals surface area (Å²) in [6, 6.07) is 28.5. The number of halogens is 1. The van der Waals surface area contributed by atoms with Crippen LogP contribution in [0.5, 0.6) is 11.5 Å². The summed E-state index contributed by atoms with van der Waals surface area (Å²) in [5.74, 6) is 1.24. The van der Waals surface area contributed by atoms with Gasteiger partial charge in [0.1, 0.15) is 6.61 Å². The molecule has 0 N–H and O–H groups in total. The third-order valence-electron chi connectivity index (χ3n) is 5.21. The fraction of sp³-hybridized carbons (Fsp3) is 0.107. The lowest BCUT2D eigenvalue weighted by Gasteiger charge is -2.14. The van der Waals surface area contributed by atoms with Crippen LogP contribution in [0.15, 0.2) is 83.3 Å². The van der Waals surface area contributed by atoms with Gasteiger partial charge in [-0.15, -0.1) is 0 Å². The molecule has 0 saturated heterocycles. The number of benzene rings is 4. The number of aryl methyl sites for hydroxylation is 1. The summed E-state index contributed by atoms with van der Waals surface area (Å²) in [7, 11) is 1.61. The van der Waals surface area contributed by atoms with E-state index in [1.54, 1.807) is 7.11 Å². The summed E-state index contributed by atoms with van der Waals surface area (Å²) in [6.45, 7) is 2.50. The number of allylic oxidation sites excluding steroid dienone is 1. The normalized spacial score (nSPS) is 11.2. The number of hydrogen-bond acceptors (Lipinski definition) is 3. The summed E-state index contributed by atoms with van der Waals surface area (Å²) in [5, 5.41) is 12.1. The summed E-state index contributed by atoms with van der Waals surface area (Å²) >= 11 is 3.61. The van der Waals surface area contributed by atoms with E-state index in [1.165, 1.54) is 5.56 Å². The van der Waals surface area contributed by atoms with Crippen LogP contribution < -0.4 is 9.47 Å². The van der Waals surface area contributed by atoms with Gasteiger partial charge < -0.3 is 9.47 Å². The molecule has 0 aliphatic carbocycles. The van der Waals surface area contributed by atoms with Crippen LogP contribution in [0.2, 0.25) is 0 Å². The van der Waals surface area contributed by atoms with Crippen LogP contribution in [0.1, 0.15) is 22.3 Å². The van der Waals surface area contributed by atoms with Gasteiger partial charge in [0.15, 0.2) is 11.5 Å². The van der Waals surface area contributed by atoms with Crippen molar-refractivity contribution >= 4 is 38.4 Å². The SMILES string of the molecule is COc1cc(/C=C(/C#N)c2ccc3ccccc3c2)cc(Br)c1OCc1cccc(C)c1. The monoisotopic (exact) mass is 483 g/mol. The molecular formula is C28H22BrNO2. The molecule has 4 rings (SSSR count). The summed E-state index contributed by atoms with van der Waals surface area (Å²) in [4.78, 5) is 0. The van der Waals surface area contributed by atoms with Crippen molar-refractivity contribution in [2.24, 2.45) is 0 Å². The van der Waals surface area contributed by atoms with Crippen molar-refractivity contribution in [3.8, 4) is 17.6 Å². The van der Waals surface area contributed by atoms with Crippen molar-refractivity contribution in [1.82, 2.24) is 0 Å². The molecule has 0 spiro atoms. The number of nitriles is 1. The third kappa shape index (κ3) is 4.85. The molecule has 0 aliphatic heterocycles. The van der Waals surface area contributed by atoms with Crippen LogP contribution in [0, 0.1) is 18.3 Å². The van der Waals surface area contributed by atoms with Gasteiger partial charge in [-0.3, -0.25) is 0 Å². The van der Waals surface area contributed by atoms with E-state index in [0.29, 0.717) is 23.7 Å². The molecule has 4 heteroatoms. The maximum Gasteiger partial charge on any atom is 0.175 e. The second kappa shape index (κ2) is 9.72. The van der Waals surface area contributed by atoms with E-state index in [2.05, 4.69) is 47.1 Å². The van der Waals surface area contributed by atoms with E-state index in [9.17, 15) is 5.26 Å². The average Bonchev–Trinajstić information content (AvgIpc) is 2.81. The maximum absolute atomic E-state index is 9.81. The summed E-state index contributed by atoms with van der Waals surface area (Å²) < 4.78 is 12.4. The number of hydrogen-bond donors (Lipinski definition) is 0. The maximum atomic E-state index is 9.81. The zero-order valence-corrected chi connectivity index (χ0v) is 19.5. The van der Waals surface area contributed by atoms with Gasteiger partial charge in [-0.2, -0.15) is 5.26 Å². The Morgan fingerprint density at radius 2 is 1.78 bits per heavy atom. The Balaban J connectivity index is 1.64. The number of nitrogens with zero attached hydrogens (tertiary/aromatic N) is 1. The Hall–Kier alpha value is -3.55. The Morgan fingerprint density at radius 3 is 2.53 bits per heavy atom. The standard InChI is InChI=1S/C28H22BrNO2/c1-19-6-5-7-20(12-19)18-32-28-26(29)14-21(15-27(28)31-2)13-25(17-30)24-11-10-22-8-3-4-9-23(22)16-24/h3-16H,18H2,1-2H3/b25-13-. The van der Waals surface area contributed by atoms with E-state index in [1.807, 2.05) is 66.7 Å². The van der Waals surface area contributed by atoms with Crippen molar-refractivity contribution in [3.63, 3.8) is 0 Å². The van der Waals surface area contributed by atoms with Gasteiger partial charge in [0.2, 0.25) is 0 Å². The van der Waals surface area contributed by atoms with Crippen LogP contribution in [0.3, 0.4) is 0 Å². The minimum Gasteiger partial charge on any atom is -0.493 e. The second-order valence-corrected chi connectivity index (χ2v) is 8.40. The quantitative estimate of drug-likeness (QED) is 0.210. The van der Waals surface area contributed by atoms with E-state index < -0.39 is 0 Å². The third-order valence-corrected chi connectivity index (χ3v) is 5.80. The molecule has 0 amide bonds. The number of methoxy groups -OCH3 is 1. The number of fused-ring (bicyclic) bond motifs is 1. The van der Waals surface area contributed by atoms with E-state index >= 15 is 0 Å². The zero-order valence-electron chi connectivity index (χ0n) is 17.9. The van der Waals surface area contributed by atoms with Crippen molar-refractivity contribution < 1.29 is 9.47 Å². The highest BCUT2D eigenvalue weighted by Gasteiger charge is 2.13. The molecular weight excluding hydrogens is 462 g/mol. The molecule has 0 aliphatic rings. The van der Waals surface area contributed by atoms with Crippen LogP contribution in [0.25, 0.3) is 22.4 Å². The fourth-order valence-electron chi connectivity index (χ4n) is 3.62. The largest absolute Gasteiger partial charge is 0.493 e. The predicted molar refractivity (Wildman–Crippen MR) is 134 cm³/mol. The van der Waals surface area contributed by atoms with Gasteiger partial charge in [-0.1, -0.05) is 66.2 Å². The van der Waals surface area contributed by atoms with Gasteiger partial charge in [0, 0.05) is 0 Å². The topological polar surface area (TPSA) is 42.2 Å². The smallest absolute Gasteiger partial charge is 0.175 e. The molecule has 0 saturated carbocycles. The minimum absolute atomic E-state index is 0.437. The van der Waals surface area contributed by atoms with Gasteiger partial charge in [-0.25, -0.2) is 0 Å². The highest BCUT2D eigenvalue weighted by molar-refractivity contribution is 9.10. The molecule has 4 aromatic rings. The molecule has 3 nitrogen and oxygen atoms in total. The number of ether oxygens (including phenoxy) is 2. The molecule has 0 aromatic heterocycles. The average molecular weight is 484 g/mol. The molecule has 0 atom stereocenters. The van der Waals surface area contributed by atoms with Gasteiger partial charge in [0.05, 0.1) is 23.2 Å². The Labute approximate surface area is 196 Å². The van der Waals surface area contributed by atoms with Gasteiger partial charge in [-0.05, 0) is 74.6 Å². The summed E-state index contributed by atoms with van der Waals surface area (Å²) in [5.41, 5.74) is 4.59. The molecule has 0 radical (unpaired) electrons. The highest BCUT2D eigenvalue weighted by atomic mass is 79.9. The van der Waals surface area contributed by atoms with E-state index in [4.69, 9.17) is 9.47 Å². The first-order chi connectivity index (χ1) is 15.6. The Bertz CT molecular complexity index is 1350. The molecule has 0 unspecified atom stereocenters. The first-order valence-corrected chi connectivity index (χ1v) is 11.0. The zero-order chi connectivity index (χ0) is 22.5. The molecule has 158 valence electrons. The van der Waals surface area contributed by atoms with Gasteiger partial charge >= 0.3 is 0 Å². The first kappa shape index (κ1) is 21.7. The molecule has 0 bridgehead atoms. The van der Waals surface area contributed by atoms with Crippen molar-refractivity contribution in [3.05, 3.63) is 106 Å². The molecule has 0 fully saturated rings. The van der Waals surface area contributed by atoms with Crippen LogP contribution >= 0.6 is 15.9 Å². The summed E-state index contributed by atoms with van der Waals surface area (Å²) in [6.07, 6.45) is 1.86. The van der Waals surface area contributed by atoms with Crippen molar-refractivity contribution in [2.45, 2.75) is 13.5 Å². The molecule has 0 heterocycles. The lowest BCUT2D eigenvalue weighted by atomic mass is 10.00. The lowest BCUT2D eigenvalue weighted by Crippen LogP contribution is -1.99. The second-order valence-electron chi connectivity index (χ2n) is 7.54. The van der Waals surface area contributed by atoms with Crippen molar-refractivity contribution in [2.75, 3.05) is 7.11 Å². The fourth-order valence-corrected chi connectivity index (χ4v) is 4.20. The van der Waals surface area contributed by atoms with Crippen LogP contribution in [0.4, 0.5) is 0 Å². The van der Waals surface area contributed by atoms with E-state index in [0.717, 1.165) is 31.9 Å². The molecule has 32 heavy (non-hydrogen) atoms. The lowest BCUT2D eigenvalue weighted by molar-refractivity contribution is 0.282.